The minimum Gasteiger partial charge on any atom is -0.295 e. The Labute approximate surface area is 128 Å². The third-order valence-corrected chi connectivity index (χ3v) is 4.48. The number of fused-ring (bicyclic) bond motifs is 1. The summed E-state index contributed by atoms with van der Waals surface area (Å²) < 4.78 is 3.53. The van der Waals surface area contributed by atoms with Gasteiger partial charge in [0.05, 0.1) is 11.9 Å². The van der Waals surface area contributed by atoms with Crippen LogP contribution >= 0.6 is 0 Å². The number of para-hydroxylation sites is 1. The van der Waals surface area contributed by atoms with Gasteiger partial charge in [0.2, 0.25) is 0 Å². The standard InChI is InChI=1S/C17H18N4O/c22-17-15-11-19-21(14-9-5-2-6-10-14)16(15)18-12-20(17)13-7-3-1-4-8-13/h2,5-6,9-13H,1,3-4,7-8H2. The summed E-state index contributed by atoms with van der Waals surface area (Å²) in [4.78, 5) is 17.3. The number of hydrogen-bond donors (Lipinski definition) is 0. The number of rotatable bonds is 2. The minimum absolute atomic E-state index is 0.0269. The van der Waals surface area contributed by atoms with Crippen LogP contribution in [0.2, 0.25) is 0 Å². The molecule has 3 aromatic rings. The molecule has 0 N–H and O–H groups in total. The van der Waals surface area contributed by atoms with Gasteiger partial charge >= 0.3 is 0 Å². The Balaban J connectivity index is 1.82. The summed E-state index contributed by atoms with van der Waals surface area (Å²) >= 11 is 0. The monoisotopic (exact) mass is 294 g/mol. The zero-order valence-electron chi connectivity index (χ0n) is 12.4. The molecular formula is C17H18N4O. The molecule has 1 saturated carbocycles. The van der Waals surface area contributed by atoms with E-state index in [0.717, 1.165) is 18.5 Å². The highest BCUT2D eigenvalue weighted by Crippen LogP contribution is 2.27. The fourth-order valence-corrected chi connectivity index (χ4v) is 3.30. The summed E-state index contributed by atoms with van der Waals surface area (Å²) in [5.74, 6) is 0. The van der Waals surface area contributed by atoms with Crippen LogP contribution in [0.4, 0.5) is 0 Å². The Morgan fingerprint density at radius 2 is 1.82 bits per heavy atom. The predicted molar refractivity (Wildman–Crippen MR) is 85.2 cm³/mol. The lowest BCUT2D eigenvalue weighted by atomic mass is 9.95. The molecule has 5 heteroatoms. The fourth-order valence-electron chi connectivity index (χ4n) is 3.30. The van der Waals surface area contributed by atoms with E-state index in [0.29, 0.717) is 17.1 Å². The van der Waals surface area contributed by atoms with E-state index in [-0.39, 0.29) is 5.56 Å². The molecule has 1 aromatic carbocycles. The maximum absolute atomic E-state index is 12.7. The molecule has 0 spiro atoms. The van der Waals surface area contributed by atoms with Crippen LogP contribution in [0.3, 0.4) is 0 Å². The highest BCUT2D eigenvalue weighted by atomic mass is 16.1. The van der Waals surface area contributed by atoms with E-state index >= 15 is 0 Å². The maximum Gasteiger partial charge on any atom is 0.264 e. The number of hydrogen-bond acceptors (Lipinski definition) is 3. The van der Waals surface area contributed by atoms with Crippen molar-refractivity contribution in [2.24, 2.45) is 0 Å². The summed E-state index contributed by atoms with van der Waals surface area (Å²) in [6.45, 7) is 0. The maximum atomic E-state index is 12.7. The summed E-state index contributed by atoms with van der Waals surface area (Å²) in [6.07, 6.45) is 9.13. The zero-order chi connectivity index (χ0) is 14.9. The van der Waals surface area contributed by atoms with Crippen molar-refractivity contribution in [1.29, 1.82) is 0 Å². The van der Waals surface area contributed by atoms with Gasteiger partial charge in [-0.3, -0.25) is 9.36 Å². The lowest BCUT2D eigenvalue weighted by molar-refractivity contribution is 0.345. The van der Waals surface area contributed by atoms with Gasteiger partial charge in [-0.15, -0.1) is 0 Å². The molecule has 0 atom stereocenters. The molecule has 5 nitrogen and oxygen atoms in total. The lowest BCUT2D eigenvalue weighted by Crippen LogP contribution is -2.26. The van der Waals surface area contributed by atoms with Gasteiger partial charge in [-0.05, 0) is 25.0 Å². The number of aromatic nitrogens is 4. The quantitative estimate of drug-likeness (QED) is 0.730. The molecule has 1 aliphatic rings. The molecule has 0 radical (unpaired) electrons. The van der Waals surface area contributed by atoms with Gasteiger partial charge in [0.25, 0.3) is 5.56 Å². The average Bonchev–Trinajstić information content (AvgIpc) is 3.02. The zero-order valence-corrected chi connectivity index (χ0v) is 12.4. The van der Waals surface area contributed by atoms with Crippen LogP contribution in [0.25, 0.3) is 16.7 Å². The van der Waals surface area contributed by atoms with Crippen molar-refractivity contribution < 1.29 is 0 Å². The number of benzene rings is 1. The highest BCUT2D eigenvalue weighted by Gasteiger charge is 2.19. The highest BCUT2D eigenvalue weighted by molar-refractivity contribution is 5.74. The van der Waals surface area contributed by atoms with Crippen molar-refractivity contribution in [3.8, 4) is 5.69 Å². The Hall–Kier alpha value is -2.43. The first-order chi connectivity index (χ1) is 10.8. The normalized spacial score (nSPS) is 16.2. The van der Waals surface area contributed by atoms with E-state index in [9.17, 15) is 4.79 Å². The van der Waals surface area contributed by atoms with E-state index < -0.39 is 0 Å². The van der Waals surface area contributed by atoms with Crippen molar-refractivity contribution in [3.05, 3.63) is 53.2 Å². The van der Waals surface area contributed by atoms with Crippen LogP contribution in [0, 0.1) is 0 Å². The first kappa shape index (κ1) is 13.2. The van der Waals surface area contributed by atoms with E-state index in [1.54, 1.807) is 21.8 Å². The van der Waals surface area contributed by atoms with Gasteiger partial charge in [0.1, 0.15) is 11.7 Å². The van der Waals surface area contributed by atoms with Crippen LogP contribution in [0.1, 0.15) is 38.1 Å². The van der Waals surface area contributed by atoms with Crippen molar-refractivity contribution in [3.63, 3.8) is 0 Å². The van der Waals surface area contributed by atoms with Crippen LogP contribution in [-0.4, -0.2) is 19.3 Å². The molecule has 2 heterocycles. The second kappa shape index (κ2) is 5.40. The van der Waals surface area contributed by atoms with E-state index in [4.69, 9.17) is 0 Å². The van der Waals surface area contributed by atoms with E-state index in [1.165, 1.54) is 19.3 Å². The fraction of sp³-hybridized carbons (Fsp3) is 0.353. The smallest absolute Gasteiger partial charge is 0.264 e. The SMILES string of the molecule is O=c1c2cnn(-c3ccccc3)c2ncn1C1CCCCC1. The van der Waals surface area contributed by atoms with Gasteiger partial charge in [-0.2, -0.15) is 5.10 Å². The largest absolute Gasteiger partial charge is 0.295 e. The Morgan fingerprint density at radius 3 is 2.59 bits per heavy atom. The second-order valence-corrected chi connectivity index (χ2v) is 5.88. The summed E-state index contributed by atoms with van der Waals surface area (Å²) in [7, 11) is 0. The molecule has 1 aliphatic carbocycles. The van der Waals surface area contributed by atoms with Crippen LogP contribution in [0.15, 0.2) is 47.7 Å². The van der Waals surface area contributed by atoms with Crippen molar-refractivity contribution in [1.82, 2.24) is 19.3 Å². The third-order valence-electron chi connectivity index (χ3n) is 4.48. The predicted octanol–water partition coefficient (Wildman–Crippen LogP) is 3.09. The van der Waals surface area contributed by atoms with Crippen LogP contribution in [-0.2, 0) is 0 Å². The topological polar surface area (TPSA) is 52.7 Å². The Bertz CT molecular complexity index is 844. The molecule has 112 valence electrons. The lowest BCUT2D eigenvalue weighted by Gasteiger charge is -2.23. The molecule has 0 amide bonds. The third kappa shape index (κ3) is 2.13. The number of nitrogens with zero attached hydrogens (tertiary/aromatic N) is 4. The molecule has 0 aliphatic heterocycles. The van der Waals surface area contributed by atoms with E-state index in [2.05, 4.69) is 10.1 Å². The van der Waals surface area contributed by atoms with Crippen LogP contribution in [0.5, 0.6) is 0 Å². The first-order valence-corrected chi connectivity index (χ1v) is 7.85. The van der Waals surface area contributed by atoms with Gasteiger partial charge in [-0.25, -0.2) is 9.67 Å². The molecular weight excluding hydrogens is 276 g/mol. The van der Waals surface area contributed by atoms with Crippen molar-refractivity contribution >= 4 is 11.0 Å². The second-order valence-electron chi connectivity index (χ2n) is 5.88. The summed E-state index contributed by atoms with van der Waals surface area (Å²) in [5, 5.41) is 4.95. The molecule has 22 heavy (non-hydrogen) atoms. The average molecular weight is 294 g/mol. The Kier molecular flexibility index (Phi) is 3.25. The summed E-state index contributed by atoms with van der Waals surface area (Å²) in [6, 6.07) is 10.1. The van der Waals surface area contributed by atoms with Crippen molar-refractivity contribution in [2.45, 2.75) is 38.1 Å². The minimum atomic E-state index is 0.0269. The molecule has 0 unspecified atom stereocenters. The first-order valence-electron chi connectivity index (χ1n) is 7.85. The molecule has 4 rings (SSSR count). The van der Waals surface area contributed by atoms with Crippen LogP contribution < -0.4 is 5.56 Å². The van der Waals surface area contributed by atoms with E-state index in [1.807, 2.05) is 30.3 Å². The molecule has 2 aromatic heterocycles. The van der Waals surface area contributed by atoms with Gasteiger partial charge < -0.3 is 0 Å². The van der Waals surface area contributed by atoms with Gasteiger partial charge in [0.15, 0.2) is 5.65 Å². The Morgan fingerprint density at radius 1 is 1.05 bits per heavy atom. The van der Waals surface area contributed by atoms with Crippen molar-refractivity contribution in [2.75, 3.05) is 0 Å². The van der Waals surface area contributed by atoms with Gasteiger partial charge in [-0.1, -0.05) is 37.5 Å². The summed E-state index contributed by atoms with van der Waals surface area (Å²) in [5.41, 5.74) is 1.57. The van der Waals surface area contributed by atoms with Gasteiger partial charge in [0, 0.05) is 6.04 Å². The molecule has 1 fully saturated rings. The molecule has 0 saturated heterocycles. The molecule has 0 bridgehead atoms.